The van der Waals surface area contributed by atoms with E-state index in [9.17, 15) is 4.79 Å². The maximum absolute atomic E-state index is 11.8. The van der Waals surface area contributed by atoms with Crippen molar-refractivity contribution in [1.82, 2.24) is 4.90 Å². The number of nitrogens with two attached hydrogens (primary N) is 1. The average molecular weight is 223 g/mol. The fourth-order valence-electron chi connectivity index (χ4n) is 1.17. The van der Waals surface area contributed by atoms with Crippen LogP contribution in [-0.4, -0.2) is 40.5 Å². The molecule has 0 atom stereocenters. The molecule has 0 aliphatic heterocycles. The highest BCUT2D eigenvalue weighted by Gasteiger charge is 2.12. The highest BCUT2D eigenvalue weighted by atomic mass is 16.4. The molecule has 16 heavy (non-hydrogen) atoms. The van der Waals surface area contributed by atoms with E-state index in [4.69, 9.17) is 16.0 Å². The number of amides is 1. The number of benzene rings is 1. The van der Waals surface area contributed by atoms with Gasteiger partial charge in [-0.1, -0.05) is 5.16 Å². The van der Waals surface area contributed by atoms with Crippen molar-refractivity contribution in [2.75, 3.05) is 13.6 Å². The minimum absolute atomic E-state index is 0.0379. The Morgan fingerprint density at radius 2 is 2.00 bits per heavy atom. The van der Waals surface area contributed by atoms with Gasteiger partial charge in [-0.05, 0) is 24.3 Å². The topological polar surface area (TPSA) is 99.1 Å². The third kappa shape index (κ3) is 2.88. The third-order valence-electron chi connectivity index (χ3n) is 1.99. The van der Waals surface area contributed by atoms with Crippen molar-refractivity contribution >= 4 is 11.7 Å². The predicted molar refractivity (Wildman–Crippen MR) is 58.5 cm³/mol. The summed E-state index contributed by atoms with van der Waals surface area (Å²) >= 11 is 0. The van der Waals surface area contributed by atoms with Crippen molar-refractivity contribution in [1.29, 1.82) is 0 Å². The van der Waals surface area contributed by atoms with Crippen LogP contribution in [0.25, 0.3) is 0 Å². The van der Waals surface area contributed by atoms with Crippen LogP contribution in [0.15, 0.2) is 29.4 Å². The standard InChI is InChI=1S/C10H13N3O3/c1-13(6-9(11)12-16)10(15)7-2-4-8(14)5-3-7/h2-5,14,16H,6H2,1H3,(H2,11,12). The smallest absolute Gasteiger partial charge is 0.254 e. The van der Waals surface area contributed by atoms with E-state index in [2.05, 4.69) is 5.16 Å². The second-order valence-electron chi connectivity index (χ2n) is 3.30. The molecule has 4 N–H and O–H groups in total. The average Bonchev–Trinajstić information content (AvgIpc) is 2.28. The van der Waals surface area contributed by atoms with E-state index in [1.807, 2.05) is 0 Å². The molecule has 1 rings (SSSR count). The number of phenols is 1. The fourth-order valence-corrected chi connectivity index (χ4v) is 1.17. The van der Waals surface area contributed by atoms with Crippen LogP contribution in [0.1, 0.15) is 10.4 Å². The van der Waals surface area contributed by atoms with Gasteiger partial charge < -0.3 is 20.9 Å². The molecule has 1 amide bonds. The van der Waals surface area contributed by atoms with Crippen LogP contribution in [0.2, 0.25) is 0 Å². The number of hydrogen-bond donors (Lipinski definition) is 3. The summed E-state index contributed by atoms with van der Waals surface area (Å²) in [5.41, 5.74) is 5.70. The molecule has 0 heterocycles. The zero-order chi connectivity index (χ0) is 12.1. The first-order valence-electron chi connectivity index (χ1n) is 4.55. The first kappa shape index (κ1) is 11.8. The minimum atomic E-state index is -0.272. The molecule has 1 aromatic carbocycles. The van der Waals surface area contributed by atoms with Crippen LogP contribution < -0.4 is 5.73 Å². The number of oxime groups is 1. The molecule has 0 bridgehead atoms. The molecule has 0 fully saturated rings. The Bertz CT molecular complexity index is 400. The third-order valence-corrected chi connectivity index (χ3v) is 1.99. The molecule has 1 aromatic rings. The summed E-state index contributed by atoms with van der Waals surface area (Å²) in [6.07, 6.45) is 0. The van der Waals surface area contributed by atoms with Gasteiger partial charge in [0.05, 0.1) is 6.54 Å². The molecular weight excluding hydrogens is 210 g/mol. The van der Waals surface area contributed by atoms with Gasteiger partial charge in [0.1, 0.15) is 5.75 Å². The summed E-state index contributed by atoms with van der Waals surface area (Å²) in [7, 11) is 1.53. The largest absolute Gasteiger partial charge is 0.508 e. The van der Waals surface area contributed by atoms with E-state index in [0.29, 0.717) is 5.56 Å². The Morgan fingerprint density at radius 3 is 2.50 bits per heavy atom. The first-order valence-corrected chi connectivity index (χ1v) is 4.55. The molecule has 0 spiro atoms. The van der Waals surface area contributed by atoms with Crippen LogP contribution in [-0.2, 0) is 0 Å². The van der Waals surface area contributed by atoms with Crippen molar-refractivity contribution in [2.45, 2.75) is 0 Å². The van der Waals surface area contributed by atoms with Crippen molar-refractivity contribution in [2.24, 2.45) is 10.9 Å². The Labute approximate surface area is 92.6 Å². The molecular formula is C10H13N3O3. The second kappa shape index (κ2) is 5.01. The van der Waals surface area contributed by atoms with Crippen LogP contribution >= 0.6 is 0 Å². The number of amidine groups is 1. The Kier molecular flexibility index (Phi) is 3.71. The Balaban J connectivity index is 2.74. The van der Waals surface area contributed by atoms with Gasteiger partial charge in [-0.15, -0.1) is 0 Å². The lowest BCUT2D eigenvalue weighted by atomic mass is 10.2. The van der Waals surface area contributed by atoms with Crippen molar-refractivity contribution in [3.8, 4) is 5.75 Å². The fraction of sp³-hybridized carbons (Fsp3) is 0.200. The zero-order valence-electron chi connectivity index (χ0n) is 8.79. The lowest BCUT2D eigenvalue weighted by molar-refractivity contribution is 0.0813. The van der Waals surface area contributed by atoms with E-state index in [1.165, 1.54) is 36.2 Å². The molecule has 0 unspecified atom stereocenters. The number of rotatable bonds is 3. The normalized spacial score (nSPS) is 11.2. The number of aromatic hydroxyl groups is 1. The van der Waals surface area contributed by atoms with E-state index in [-0.39, 0.29) is 24.0 Å². The minimum Gasteiger partial charge on any atom is -0.508 e. The number of carbonyl (C=O) groups excluding carboxylic acids is 1. The summed E-state index contributed by atoms with van der Waals surface area (Å²) in [6, 6.07) is 5.84. The van der Waals surface area contributed by atoms with Crippen molar-refractivity contribution < 1.29 is 15.1 Å². The zero-order valence-corrected chi connectivity index (χ0v) is 8.79. The Morgan fingerprint density at radius 1 is 1.44 bits per heavy atom. The number of nitrogens with zero attached hydrogens (tertiary/aromatic N) is 2. The lowest BCUT2D eigenvalue weighted by Gasteiger charge is -2.15. The lowest BCUT2D eigenvalue weighted by Crippen LogP contribution is -2.35. The monoisotopic (exact) mass is 223 g/mol. The van der Waals surface area contributed by atoms with Gasteiger partial charge in [0.15, 0.2) is 5.84 Å². The van der Waals surface area contributed by atoms with Gasteiger partial charge in [-0.3, -0.25) is 4.79 Å². The van der Waals surface area contributed by atoms with Crippen LogP contribution in [0.5, 0.6) is 5.75 Å². The predicted octanol–water partition coefficient (Wildman–Crippen LogP) is 0.211. The van der Waals surface area contributed by atoms with Crippen LogP contribution in [0.3, 0.4) is 0 Å². The Hall–Kier alpha value is -2.24. The molecule has 86 valence electrons. The van der Waals surface area contributed by atoms with E-state index in [0.717, 1.165) is 0 Å². The molecule has 0 aliphatic carbocycles. The molecule has 0 radical (unpaired) electrons. The maximum Gasteiger partial charge on any atom is 0.254 e. The maximum atomic E-state index is 11.8. The van der Waals surface area contributed by atoms with Crippen molar-refractivity contribution in [3.05, 3.63) is 29.8 Å². The molecule has 0 saturated heterocycles. The number of carbonyl (C=O) groups is 1. The summed E-state index contributed by atoms with van der Waals surface area (Å²) in [4.78, 5) is 13.1. The summed E-state index contributed by atoms with van der Waals surface area (Å²) < 4.78 is 0. The van der Waals surface area contributed by atoms with Crippen molar-refractivity contribution in [3.63, 3.8) is 0 Å². The summed E-state index contributed by atoms with van der Waals surface area (Å²) in [6.45, 7) is 0.0379. The SMILES string of the molecule is CN(CC(N)=NO)C(=O)c1ccc(O)cc1. The van der Waals surface area contributed by atoms with Gasteiger partial charge >= 0.3 is 0 Å². The van der Waals surface area contributed by atoms with Crippen LogP contribution in [0, 0.1) is 0 Å². The van der Waals surface area contributed by atoms with E-state index >= 15 is 0 Å². The molecule has 0 aliphatic rings. The number of likely N-dealkylation sites (N-methyl/N-ethyl adjacent to an activating group) is 1. The van der Waals surface area contributed by atoms with Gasteiger partial charge in [0.2, 0.25) is 0 Å². The molecule has 6 heteroatoms. The highest BCUT2D eigenvalue weighted by Crippen LogP contribution is 2.10. The van der Waals surface area contributed by atoms with E-state index in [1.54, 1.807) is 0 Å². The highest BCUT2D eigenvalue weighted by molar-refractivity contribution is 5.96. The number of hydrogen-bond acceptors (Lipinski definition) is 4. The first-order chi connectivity index (χ1) is 7.54. The van der Waals surface area contributed by atoms with Gasteiger partial charge in [0, 0.05) is 12.6 Å². The quantitative estimate of drug-likeness (QED) is 0.295. The van der Waals surface area contributed by atoms with Gasteiger partial charge in [-0.2, -0.15) is 0 Å². The van der Waals surface area contributed by atoms with Crippen LogP contribution in [0.4, 0.5) is 0 Å². The molecule has 0 aromatic heterocycles. The summed E-state index contributed by atoms with van der Waals surface area (Å²) in [5, 5.41) is 20.2. The van der Waals surface area contributed by atoms with Gasteiger partial charge in [0.25, 0.3) is 5.91 Å². The summed E-state index contributed by atoms with van der Waals surface area (Å²) in [5.74, 6) is -0.225. The second-order valence-corrected chi connectivity index (χ2v) is 3.30. The number of phenolic OH excluding ortho intramolecular Hbond substituents is 1. The molecule has 6 nitrogen and oxygen atoms in total. The van der Waals surface area contributed by atoms with Gasteiger partial charge in [-0.25, -0.2) is 0 Å². The van der Waals surface area contributed by atoms with E-state index < -0.39 is 0 Å². The molecule has 0 saturated carbocycles.